The quantitative estimate of drug-likeness (QED) is 0.608. The maximum Gasteiger partial charge on any atom is 0.242 e. The Balaban J connectivity index is 2.10. The van der Waals surface area contributed by atoms with Gasteiger partial charge in [0, 0.05) is 5.56 Å². The van der Waals surface area contributed by atoms with E-state index in [9.17, 15) is 13.2 Å². The second-order valence-electron chi connectivity index (χ2n) is 7.20. The molecule has 29 heavy (non-hydrogen) atoms. The highest BCUT2D eigenvalue weighted by molar-refractivity contribution is 7.89. The highest BCUT2D eigenvalue weighted by atomic mass is 32.2. The highest BCUT2D eigenvalue weighted by Crippen LogP contribution is 2.26. The molecule has 0 spiro atoms. The normalized spacial score (nSPS) is 13.9. The Morgan fingerprint density at radius 1 is 1.07 bits per heavy atom. The van der Waals surface area contributed by atoms with Crippen LogP contribution in [0.25, 0.3) is 11.4 Å². The van der Waals surface area contributed by atoms with Crippen LogP contribution in [0.3, 0.4) is 0 Å². The third-order valence-electron chi connectivity index (χ3n) is 4.43. The molecule has 1 unspecified atom stereocenters. The average molecular weight is 414 g/mol. The molecule has 3 rings (SSSR count). The first-order valence-corrected chi connectivity index (χ1v) is 10.7. The Morgan fingerprint density at radius 2 is 1.66 bits per heavy atom. The van der Waals surface area contributed by atoms with E-state index < -0.39 is 21.5 Å². The molecule has 0 bridgehead atoms. The van der Waals surface area contributed by atoms with Crippen molar-refractivity contribution in [3.05, 3.63) is 60.7 Å². The second kappa shape index (κ2) is 8.22. The lowest BCUT2D eigenvalue weighted by atomic mass is 9.95. The van der Waals surface area contributed by atoms with Gasteiger partial charge in [-0.1, -0.05) is 62.4 Å². The Hall–Kier alpha value is -2.91. The molecule has 0 amide bonds. The van der Waals surface area contributed by atoms with Crippen LogP contribution < -0.4 is 4.72 Å². The smallest absolute Gasteiger partial charge is 0.242 e. The monoisotopic (exact) mass is 413 g/mol. The molecule has 1 heterocycles. The van der Waals surface area contributed by atoms with E-state index in [4.69, 9.17) is 0 Å². The molecule has 1 atom stereocenters. The minimum Gasteiger partial charge on any atom is -0.296 e. The van der Waals surface area contributed by atoms with E-state index in [0.29, 0.717) is 11.4 Å². The Morgan fingerprint density at radius 3 is 2.21 bits per heavy atom. The van der Waals surface area contributed by atoms with Gasteiger partial charge in [-0.05, 0) is 36.6 Å². The molecule has 1 aromatic heterocycles. The predicted molar refractivity (Wildman–Crippen MR) is 108 cm³/mol. The zero-order valence-corrected chi connectivity index (χ0v) is 17.3. The average Bonchev–Trinajstić information content (AvgIpc) is 3.19. The van der Waals surface area contributed by atoms with Gasteiger partial charge in [-0.3, -0.25) is 4.79 Å². The van der Waals surface area contributed by atoms with Gasteiger partial charge in [0.05, 0.1) is 4.90 Å². The molecule has 0 radical (unpaired) electrons. The van der Waals surface area contributed by atoms with Gasteiger partial charge in [-0.25, -0.2) is 8.42 Å². The first-order chi connectivity index (χ1) is 13.7. The van der Waals surface area contributed by atoms with Crippen molar-refractivity contribution in [3.8, 4) is 11.4 Å². The highest BCUT2D eigenvalue weighted by Gasteiger charge is 2.44. The third kappa shape index (κ3) is 4.41. The van der Waals surface area contributed by atoms with Crippen molar-refractivity contribution in [1.82, 2.24) is 24.9 Å². The molecule has 0 saturated heterocycles. The minimum atomic E-state index is -4.01. The molecular formula is C20H23N5O3S. The maximum atomic E-state index is 13.0. The van der Waals surface area contributed by atoms with Gasteiger partial charge in [0.2, 0.25) is 21.5 Å². The van der Waals surface area contributed by atoms with Crippen LogP contribution in [0.5, 0.6) is 0 Å². The van der Waals surface area contributed by atoms with Crippen molar-refractivity contribution in [2.45, 2.75) is 37.8 Å². The molecule has 0 fully saturated rings. The number of tetrazole rings is 1. The lowest BCUT2D eigenvalue weighted by Gasteiger charge is -2.31. The number of nitrogens with one attached hydrogen (secondary N) is 1. The van der Waals surface area contributed by atoms with Crippen molar-refractivity contribution in [1.29, 1.82) is 0 Å². The van der Waals surface area contributed by atoms with Gasteiger partial charge in [0.25, 0.3) is 0 Å². The van der Waals surface area contributed by atoms with E-state index in [-0.39, 0.29) is 17.2 Å². The van der Waals surface area contributed by atoms with Crippen LogP contribution in [0.1, 0.15) is 27.2 Å². The number of hydrogen-bond donors (Lipinski definition) is 1. The molecule has 1 N–H and O–H groups in total. The number of aromatic nitrogens is 4. The van der Waals surface area contributed by atoms with Crippen LogP contribution in [-0.4, -0.2) is 34.4 Å². The standard InChI is InChI=1S/C20H23N5O3S/c1-15(2)14-20(16(3)26,23-29(27,28)18-12-8-5-9-13-18)25-22-19(21-24-25)17-10-6-4-7-11-17/h4-13,15,23H,14H2,1-3H3. The number of rotatable bonds is 8. The Labute approximate surface area is 170 Å². The Bertz CT molecular complexity index is 1080. The second-order valence-corrected chi connectivity index (χ2v) is 8.88. The fourth-order valence-corrected chi connectivity index (χ4v) is 4.46. The summed E-state index contributed by atoms with van der Waals surface area (Å²) in [6, 6.07) is 17.0. The van der Waals surface area contributed by atoms with Crippen molar-refractivity contribution in [2.75, 3.05) is 0 Å². The van der Waals surface area contributed by atoms with Gasteiger partial charge < -0.3 is 0 Å². The predicted octanol–water partition coefficient (Wildman–Crippen LogP) is 2.61. The van der Waals surface area contributed by atoms with Gasteiger partial charge in [0.15, 0.2) is 5.78 Å². The van der Waals surface area contributed by atoms with Crippen molar-refractivity contribution < 1.29 is 13.2 Å². The number of carbonyl (C=O) groups is 1. The summed E-state index contributed by atoms with van der Waals surface area (Å²) < 4.78 is 28.6. The number of ketones is 1. The molecule has 9 heteroatoms. The molecule has 0 aliphatic heterocycles. The summed E-state index contributed by atoms with van der Waals surface area (Å²) in [5.41, 5.74) is -0.977. The van der Waals surface area contributed by atoms with E-state index in [0.717, 1.165) is 4.80 Å². The Kier molecular flexibility index (Phi) is 5.90. The summed E-state index contributed by atoms with van der Waals surface area (Å²) in [5, 5.41) is 12.4. The molecule has 152 valence electrons. The lowest BCUT2D eigenvalue weighted by Crippen LogP contribution is -2.57. The van der Waals surface area contributed by atoms with Gasteiger partial charge >= 0.3 is 0 Å². The summed E-state index contributed by atoms with van der Waals surface area (Å²) in [6.45, 7) is 5.11. The number of benzene rings is 2. The largest absolute Gasteiger partial charge is 0.296 e. The van der Waals surface area contributed by atoms with E-state index >= 15 is 0 Å². The summed E-state index contributed by atoms with van der Waals surface area (Å²) in [5.74, 6) is -0.148. The molecule has 0 saturated carbocycles. The van der Waals surface area contributed by atoms with Crippen molar-refractivity contribution in [3.63, 3.8) is 0 Å². The number of carbonyl (C=O) groups excluding carboxylic acids is 1. The van der Waals surface area contributed by atoms with Crippen LogP contribution in [0.2, 0.25) is 0 Å². The molecule has 8 nitrogen and oxygen atoms in total. The van der Waals surface area contributed by atoms with Gasteiger partial charge in [0.1, 0.15) is 0 Å². The minimum absolute atomic E-state index is 0.0245. The summed E-state index contributed by atoms with van der Waals surface area (Å²) in [7, 11) is -4.01. The number of hydrogen-bond acceptors (Lipinski definition) is 6. The van der Waals surface area contributed by atoms with E-state index in [1.807, 2.05) is 44.2 Å². The maximum absolute atomic E-state index is 13.0. The third-order valence-corrected chi connectivity index (χ3v) is 5.93. The van der Waals surface area contributed by atoms with Gasteiger partial charge in [-0.2, -0.15) is 4.72 Å². The van der Waals surface area contributed by atoms with Crippen LogP contribution in [-0.2, 0) is 20.5 Å². The lowest BCUT2D eigenvalue weighted by molar-refractivity contribution is -0.128. The van der Waals surface area contributed by atoms with Crippen LogP contribution in [0.15, 0.2) is 65.6 Å². The van der Waals surface area contributed by atoms with Crippen LogP contribution >= 0.6 is 0 Å². The molecule has 0 aliphatic rings. The zero-order chi connectivity index (χ0) is 21.1. The van der Waals surface area contributed by atoms with Crippen molar-refractivity contribution >= 4 is 15.8 Å². The molecular weight excluding hydrogens is 390 g/mol. The van der Waals surface area contributed by atoms with Crippen LogP contribution in [0, 0.1) is 5.92 Å². The van der Waals surface area contributed by atoms with E-state index in [1.54, 1.807) is 18.2 Å². The first kappa shape index (κ1) is 20.8. The van der Waals surface area contributed by atoms with Gasteiger partial charge in [-0.15, -0.1) is 15.0 Å². The van der Waals surface area contributed by atoms with Crippen molar-refractivity contribution in [2.24, 2.45) is 5.92 Å². The summed E-state index contributed by atoms with van der Waals surface area (Å²) in [6.07, 6.45) is 0.166. The topological polar surface area (TPSA) is 107 Å². The van der Waals surface area contributed by atoms with E-state index in [1.165, 1.54) is 19.1 Å². The van der Waals surface area contributed by atoms with Crippen LogP contribution in [0.4, 0.5) is 0 Å². The number of nitrogens with zero attached hydrogens (tertiary/aromatic N) is 4. The molecule has 2 aromatic carbocycles. The van der Waals surface area contributed by atoms with E-state index in [2.05, 4.69) is 20.1 Å². The zero-order valence-electron chi connectivity index (χ0n) is 16.5. The molecule has 3 aromatic rings. The molecule has 0 aliphatic carbocycles. The summed E-state index contributed by atoms with van der Waals surface area (Å²) >= 11 is 0. The summed E-state index contributed by atoms with van der Waals surface area (Å²) in [4.78, 5) is 13.9. The number of Topliss-reactive ketones (excluding diaryl/α,β-unsaturated/α-hetero) is 1. The number of sulfonamides is 1. The fraction of sp³-hybridized carbons (Fsp3) is 0.300. The fourth-order valence-electron chi connectivity index (χ4n) is 3.07. The SMILES string of the molecule is CC(=O)C(CC(C)C)(NS(=O)(=O)c1ccccc1)n1nnc(-c2ccccc2)n1. The first-order valence-electron chi connectivity index (χ1n) is 9.20.